The van der Waals surface area contributed by atoms with Gasteiger partial charge in [0.05, 0.1) is 5.69 Å². The molecule has 2 fully saturated rings. The molecule has 1 aliphatic carbocycles. The van der Waals surface area contributed by atoms with Crippen LogP contribution in [0.2, 0.25) is 0 Å². The molecular formula is C25H36N2O2. The number of piperidine rings is 1. The van der Waals surface area contributed by atoms with E-state index in [0.717, 1.165) is 37.8 Å². The van der Waals surface area contributed by atoms with Gasteiger partial charge in [0.2, 0.25) is 0 Å². The summed E-state index contributed by atoms with van der Waals surface area (Å²) in [5.74, 6) is 1.96. The molecule has 2 heterocycles. The number of esters is 1. The summed E-state index contributed by atoms with van der Waals surface area (Å²) in [5.41, 5.74) is 4.02. The van der Waals surface area contributed by atoms with Crippen LogP contribution in [-0.4, -0.2) is 23.6 Å². The minimum atomic E-state index is -0.193. The van der Waals surface area contributed by atoms with E-state index in [1.54, 1.807) is 0 Å². The third kappa shape index (κ3) is 4.23. The van der Waals surface area contributed by atoms with E-state index in [9.17, 15) is 4.79 Å². The summed E-state index contributed by atoms with van der Waals surface area (Å²) < 4.78 is 8.17. The molecule has 158 valence electrons. The number of hydrogen-bond acceptors (Lipinski definition) is 3. The zero-order valence-electron chi connectivity index (χ0n) is 18.2. The fourth-order valence-electron chi connectivity index (χ4n) is 5.67. The Bertz CT molecular complexity index is 840. The number of rotatable bonds is 5. The van der Waals surface area contributed by atoms with Crippen molar-refractivity contribution in [3.05, 3.63) is 35.5 Å². The molecule has 0 unspecified atom stereocenters. The molecule has 2 aromatic rings. The van der Waals surface area contributed by atoms with E-state index in [4.69, 9.17) is 4.74 Å². The van der Waals surface area contributed by atoms with Crippen LogP contribution in [0.4, 0.5) is 0 Å². The number of para-hydroxylation sites is 1. The van der Waals surface area contributed by atoms with Crippen molar-refractivity contribution in [1.29, 1.82) is 0 Å². The van der Waals surface area contributed by atoms with Crippen LogP contribution in [0.15, 0.2) is 24.3 Å². The van der Waals surface area contributed by atoms with Crippen LogP contribution < -0.4 is 5.32 Å². The Hall–Kier alpha value is -1.81. The molecular weight excluding hydrogens is 360 g/mol. The number of hydrogen-bond donors (Lipinski definition) is 1. The smallest absolute Gasteiger partial charge is 0.303 e. The molecule has 4 rings (SSSR count). The van der Waals surface area contributed by atoms with E-state index >= 15 is 0 Å². The van der Waals surface area contributed by atoms with Gasteiger partial charge in [-0.05, 0) is 81.0 Å². The third-order valence-corrected chi connectivity index (χ3v) is 7.26. The van der Waals surface area contributed by atoms with Crippen LogP contribution in [0.3, 0.4) is 0 Å². The van der Waals surface area contributed by atoms with Gasteiger partial charge in [0.15, 0.2) is 0 Å². The highest BCUT2D eigenvalue weighted by molar-refractivity contribution is 5.86. The average Bonchev–Trinajstić information content (AvgIpc) is 3.07. The Morgan fingerprint density at radius 1 is 1.10 bits per heavy atom. The first kappa shape index (κ1) is 20.5. The van der Waals surface area contributed by atoms with E-state index in [-0.39, 0.29) is 5.97 Å². The molecule has 4 heteroatoms. The predicted molar refractivity (Wildman–Crippen MR) is 118 cm³/mol. The number of carbonyl (C=O) groups excluding carboxylic acids is 1. The second-order valence-electron chi connectivity index (χ2n) is 9.36. The first-order valence-corrected chi connectivity index (χ1v) is 11.5. The summed E-state index contributed by atoms with van der Waals surface area (Å²) >= 11 is 0. The van der Waals surface area contributed by atoms with Gasteiger partial charge in [-0.25, -0.2) is 0 Å². The van der Waals surface area contributed by atoms with Crippen LogP contribution in [0, 0.1) is 11.8 Å². The highest BCUT2D eigenvalue weighted by Gasteiger charge is 2.31. The summed E-state index contributed by atoms with van der Waals surface area (Å²) in [5, 5.41) is 4.86. The molecule has 1 aliphatic heterocycles. The molecule has 1 aromatic heterocycles. The minimum absolute atomic E-state index is 0.193. The van der Waals surface area contributed by atoms with E-state index in [0.29, 0.717) is 18.6 Å². The lowest BCUT2D eigenvalue weighted by Gasteiger charge is -2.33. The molecule has 0 amide bonds. The second-order valence-corrected chi connectivity index (χ2v) is 9.36. The summed E-state index contributed by atoms with van der Waals surface area (Å²) in [7, 11) is 0. The highest BCUT2D eigenvalue weighted by atomic mass is 16.5. The van der Waals surface area contributed by atoms with Crippen LogP contribution in [0.25, 0.3) is 10.9 Å². The van der Waals surface area contributed by atoms with Gasteiger partial charge < -0.3 is 14.6 Å². The van der Waals surface area contributed by atoms with Crippen LogP contribution >= 0.6 is 0 Å². The van der Waals surface area contributed by atoms with Gasteiger partial charge >= 0.3 is 5.97 Å². The largest absolute Gasteiger partial charge is 0.459 e. The number of nitrogens with zero attached hydrogens (tertiary/aromatic N) is 1. The maximum atomic E-state index is 11.7. The van der Waals surface area contributed by atoms with Crippen molar-refractivity contribution < 1.29 is 9.53 Å². The number of nitrogens with one attached hydrogen (secondary N) is 1. The van der Waals surface area contributed by atoms with Crippen molar-refractivity contribution >= 4 is 16.9 Å². The van der Waals surface area contributed by atoms with Crippen LogP contribution in [0.1, 0.15) is 82.5 Å². The first-order chi connectivity index (χ1) is 14.1. The lowest BCUT2D eigenvalue weighted by molar-refractivity contribution is -0.142. The predicted octanol–water partition coefficient (Wildman–Crippen LogP) is 5.56. The van der Waals surface area contributed by atoms with Crippen molar-refractivity contribution in [3.8, 4) is 0 Å². The monoisotopic (exact) mass is 396 g/mol. The lowest BCUT2D eigenvalue weighted by atomic mass is 9.79. The third-order valence-electron chi connectivity index (χ3n) is 7.26. The zero-order chi connectivity index (χ0) is 20.4. The van der Waals surface area contributed by atoms with Crippen molar-refractivity contribution in [2.24, 2.45) is 11.8 Å². The van der Waals surface area contributed by atoms with Crippen LogP contribution in [0.5, 0.6) is 0 Å². The Balaban J connectivity index is 1.77. The van der Waals surface area contributed by atoms with E-state index in [1.165, 1.54) is 54.8 Å². The highest BCUT2D eigenvalue weighted by Crippen LogP contribution is 2.43. The molecule has 0 atom stereocenters. The van der Waals surface area contributed by atoms with Gasteiger partial charge in [0.25, 0.3) is 0 Å². The second kappa shape index (κ2) is 8.91. The maximum absolute atomic E-state index is 11.7. The van der Waals surface area contributed by atoms with Crippen molar-refractivity contribution in [2.75, 3.05) is 13.1 Å². The average molecular weight is 397 g/mol. The molecule has 1 saturated carbocycles. The molecule has 1 aromatic carbocycles. The van der Waals surface area contributed by atoms with E-state index < -0.39 is 0 Å². The normalized spacial score (nSPS) is 23.6. The number of ether oxygens (including phenoxy) is 1. The lowest BCUT2D eigenvalue weighted by Crippen LogP contribution is -2.27. The van der Waals surface area contributed by atoms with Gasteiger partial charge in [0.1, 0.15) is 6.61 Å². The zero-order valence-corrected chi connectivity index (χ0v) is 18.2. The molecule has 0 bridgehead atoms. The number of benzene rings is 1. The molecule has 1 saturated heterocycles. The van der Waals surface area contributed by atoms with Gasteiger partial charge in [0, 0.05) is 23.9 Å². The molecule has 0 spiro atoms. The molecule has 2 aliphatic rings. The first-order valence-electron chi connectivity index (χ1n) is 11.5. The SMILES string of the molecule is CC(=O)OCc1c(C2CCNCC2)c2ccccc2n1[C@H]1CC[C@@H](C(C)C)CC1. The van der Waals surface area contributed by atoms with E-state index in [1.807, 2.05) is 0 Å². The molecule has 4 nitrogen and oxygen atoms in total. The number of carbonyl (C=O) groups is 1. The maximum Gasteiger partial charge on any atom is 0.303 e. The molecule has 29 heavy (non-hydrogen) atoms. The van der Waals surface area contributed by atoms with Gasteiger partial charge in [-0.15, -0.1) is 0 Å². The number of aromatic nitrogens is 1. The van der Waals surface area contributed by atoms with Gasteiger partial charge in [-0.1, -0.05) is 32.0 Å². The Morgan fingerprint density at radius 3 is 2.45 bits per heavy atom. The van der Waals surface area contributed by atoms with Crippen molar-refractivity contribution in [3.63, 3.8) is 0 Å². The fourth-order valence-corrected chi connectivity index (χ4v) is 5.67. The van der Waals surface area contributed by atoms with Gasteiger partial charge in [-0.3, -0.25) is 4.79 Å². The standard InChI is InChI=1S/C25H36N2O2/c1-17(2)19-8-10-21(11-9-19)27-23-7-5-4-6-22(23)25(20-12-14-26-15-13-20)24(27)16-29-18(3)28/h4-7,17,19-21,26H,8-16H2,1-3H3/t19-,21+. The quantitative estimate of drug-likeness (QED) is 0.673. The summed E-state index contributed by atoms with van der Waals surface area (Å²) in [6.07, 6.45) is 7.35. The molecule has 1 N–H and O–H groups in total. The van der Waals surface area contributed by atoms with Gasteiger partial charge in [-0.2, -0.15) is 0 Å². The van der Waals surface area contributed by atoms with Crippen molar-refractivity contribution in [2.45, 2.75) is 77.9 Å². The van der Waals surface area contributed by atoms with E-state index in [2.05, 4.69) is 48.0 Å². The Morgan fingerprint density at radius 2 is 1.79 bits per heavy atom. The Kier molecular flexibility index (Phi) is 6.29. The summed E-state index contributed by atoms with van der Waals surface area (Å²) in [4.78, 5) is 11.7. The summed E-state index contributed by atoms with van der Waals surface area (Å²) in [6, 6.07) is 9.37. The summed E-state index contributed by atoms with van der Waals surface area (Å²) in [6.45, 7) is 8.76. The number of fused-ring (bicyclic) bond motifs is 1. The molecule has 0 radical (unpaired) electrons. The minimum Gasteiger partial charge on any atom is -0.459 e. The van der Waals surface area contributed by atoms with Crippen molar-refractivity contribution in [1.82, 2.24) is 9.88 Å². The topological polar surface area (TPSA) is 43.3 Å². The fraction of sp³-hybridized carbons (Fsp3) is 0.640. The Labute approximate surface area is 175 Å². The van der Waals surface area contributed by atoms with Crippen LogP contribution in [-0.2, 0) is 16.1 Å².